The molecule has 1 N–H and O–H groups in total. The molecule has 0 unspecified atom stereocenters. The Morgan fingerprint density at radius 1 is 1.00 bits per heavy atom. The Morgan fingerprint density at radius 2 is 1.79 bits per heavy atom. The maximum Gasteiger partial charge on any atom is 0.146 e. The van der Waals surface area contributed by atoms with Crippen LogP contribution in [0.2, 0.25) is 0 Å². The average molecular weight is 325 g/mol. The van der Waals surface area contributed by atoms with Crippen LogP contribution in [0.3, 0.4) is 0 Å². The molecule has 0 radical (unpaired) electrons. The van der Waals surface area contributed by atoms with Gasteiger partial charge in [-0.3, -0.25) is 0 Å². The fourth-order valence-corrected chi connectivity index (χ4v) is 2.68. The quantitative estimate of drug-likeness (QED) is 0.743. The first-order valence-electron chi connectivity index (χ1n) is 8.51. The summed E-state index contributed by atoms with van der Waals surface area (Å²) in [5.41, 5.74) is 4.23. The Balaban J connectivity index is 2.06. The van der Waals surface area contributed by atoms with Crippen molar-refractivity contribution in [3.05, 3.63) is 41.5 Å². The Labute approximate surface area is 141 Å². The van der Waals surface area contributed by atoms with Crippen LogP contribution in [0.15, 0.2) is 30.3 Å². The zero-order valence-corrected chi connectivity index (χ0v) is 14.4. The third-order valence-electron chi connectivity index (χ3n) is 4.06. The summed E-state index contributed by atoms with van der Waals surface area (Å²) < 4.78 is 5.65. The van der Waals surface area contributed by atoms with E-state index < -0.39 is 0 Å². The summed E-state index contributed by atoms with van der Waals surface area (Å²) in [5.74, 6) is 1.04. The molecule has 0 bridgehead atoms. The lowest BCUT2D eigenvalue weighted by Crippen LogP contribution is -2.02. The summed E-state index contributed by atoms with van der Waals surface area (Å²) in [6.45, 7) is 6.88. The standard InChI is InChI=1S/C19H23N3O2/c1-4-9-24-15-7-8-16-17(12-15)21-22(20-16)18-11-13(5-2)10-14(6-3)19(18)23/h7-8,10-12,23H,4-6,9H2,1-3H3. The Hall–Kier alpha value is -2.56. The van der Waals surface area contributed by atoms with Gasteiger partial charge in [0.05, 0.1) is 6.61 Å². The van der Waals surface area contributed by atoms with Crippen molar-refractivity contribution < 1.29 is 9.84 Å². The van der Waals surface area contributed by atoms with E-state index in [1.165, 1.54) is 4.80 Å². The van der Waals surface area contributed by atoms with Crippen molar-refractivity contribution in [2.24, 2.45) is 0 Å². The Morgan fingerprint density at radius 3 is 2.50 bits per heavy atom. The van der Waals surface area contributed by atoms with Crippen molar-refractivity contribution in [3.63, 3.8) is 0 Å². The SMILES string of the molecule is CCCOc1ccc2nn(-c3cc(CC)cc(CC)c3O)nc2c1. The molecule has 5 heteroatoms. The van der Waals surface area contributed by atoms with E-state index in [2.05, 4.69) is 24.0 Å². The normalized spacial score (nSPS) is 11.1. The molecular weight excluding hydrogens is 302 g/mol. The van der Waals surface area contributed by atoms with Crippen molar-refractivity contribution in [2.75, 3.05) is 6.61 Å². The van der Waals surface area contributed by atoms with E-state index in [0.29, 0.717) is 12.3 Å². The lowest BCUT2D eigenvalue weighted by atomic mass is 10.0. The van der Waals surface area contributed by atoms with Crippen molar-refractivity contribution in [1.29, 1.82) is 0 Å². The highest BCUT2D eigenvalue weighted by atomic mass is 16.5. The number of fused-ring (bicyclic) bond motifs is 1. The molecule has 0 spiro atoms. The van der Waals surface area contributed by atoms with Gasteiger partial charge in [0.2, 0.25) is 0 Å². The second-order valence-corrected chi connectivity index (χ2v) is 5.82. The van der Waals surface area contributed by atoms with Gasteiger partial charge in [-0.2, -0.15) is 0 Å². The fraction of sp³-hybridized carbons (Fsp3) is 0.368. The van der Waals surface area contributed by atoms with Crippen LogP contribution in [0.4, 0.5) is 0 Å². The minimum atomic E-state index is 0.248. The number of rotatable bonds is 6. The smallest absolute Gasteiger partial charge is 0.146 e. The summed E-state index contributed by atoms with van der Waals surface area (Å²) in [5, 5.41) is 19.6. The van der Waals surface area contributed by atoms with Crippen LogP contribution in [0.5, 0.6) is 11.5 Å². The minimum absolute atomic E-state index is 0.248. The topological polar surface area (TPSA) is 60.2 Å². The number of hydrogen-bond acceptors (Lipinski definition) is 4. The second-order valence-electron chi connectivity index (χ2n) is 5.82. The molecule has 0 aliphatic carbocycles. The highest BCUT2D eigenvalue weighted by Gasteiger charge is 2.13. The molecule has 3 aromatic rings. The highest BCUT2D eigenvalue weighted by Crippen LogP contribution is 2.29. The molecule has 0 saturated heterocycles. The largest absolute Gasteiger partial charge is 0.505 e. The Bertz CT molecular complexity index is 855. The van der Waals surface area contributed by atoms with Gasteiger partial charge in [0, 0.05) is 6.07 Å². The van der Waals surface area contributed by atoms with Gasteiger partial charge in [0.25, 0.3) is 0 Å². The van der Waals surface area contributed by atoms with Gasteiger partial charge in [-0.1, -0.05) is 26.8 Å². The molecule has 126 valence electrons. The predicted octanol–water partition coefficient (Wildman–Crippen LogP) is 4.04. The van der Waals surface area contributed by atoms with E-state index in [0.717, 1.165) is 47.2 Å². The summed E-state index contributed by atoms with van der Waals surface area (Å²) in [7, 11) is 0. The maximum atomic E-state index is 10.5. The molecule has 24 heavy (non-hydrogen) atoms. The first-order valence-corrected chi connectivity index (χ1v) is 8.51. The van der Waals surface area contributed by atoms with Crippen LogP contribution in [-0.4, -0.2) is 26.7 Å². The van der Waals surface area contributed by atoms with Gasteiger partial charge in [0.1, 0.15) is 28.2 Å². The van der Waals surface area contributed by atoms with E-state index in [1.54, 1.807) is 0 Å². The van der Waals surface area contributed by atoms with Gasteiger partial charge < -0.3 is 9.84 Å². The number of aromatic hydroxyl groups is 1. The van der Waals surface area contributed by atoms with E-state index in [4.69, 9.17) is 4.74 Å². The third kappa shape index (κ3) is 3.07. The molecule has 0 atom stereocenters. The van der Waals surface area contributed by atoms with Gasteiger partial charge >= 0.3 is 0 Å². The van der Waals surface area contributed by atoms with Crippen LogP contribution in [-0.2, 0) is 12.8 Å². The number of aromatic nitrogens is 3. The van der Waals surface area contributed by atoms with Gasteiger partial charge in [-0.05, 0) is 48.6 Å². The molecule has 0 aliphatic rings. The van der Waals surface area contributed by atoms with Crippen molar-refractivity contribution in [2.45, 2.75) is 40.0 Å². The zero-order valence-electron chi connectivity index (χ0n) is 14.4. The monoisotopic (exact) mass is 325 g/mol. The Kier molecular flexibility index (Phi) is 4.69. The van der Waals surface area contributed by atoms with Gasteiger partial charge in [-0.15, -0.1) is 15.0 Å². The van der Waals surface area contributed by atoms with Crippen LogP contribution in [0.1, 0.15) is 38.3 Å². The molecular formula is C19H23N3O2. The molecule has 0 aliphatic heterocycles. The highest BCUT2D eigenvalue weighted by molar-refractivity contribution is 5.76. The molecule has 0 saturated carbocycles. The summed E-state index contributed by atoms with van der Waals surface area (Å²) in [6.07, 6.45) is 2.63. The number of aryl methyl sites for hydroxylation is 2. The summed E-state index contributed by atoms with van der Waals surface area (Å²) in [4.78, 5) is 1.52. The van der Waals surface area contributed by atoms with E-state index >= 15 is 0 Å². The van der Waals surface area contributed by atoms with Crippen LogP contribution in [0, 0.1) is 0 Å². The molecule has 1 aromatic heterocycles. The van der Waals surface area contributed by atoms with Crippen LogP contribution < -0.4 is 4.74 Å². The number of ether oxygens (including phenoxy) is 1. The lowest BCUT2D eigenvalue weighted by molar-refractivity contribution is 0.318. The number of phenolic OH excluding ortho intramolecular Hbond substituents is 1. The number of hydrogen-bond donors (Lipinski definition) is 1. The zero-order chi connectivity index (χ0) is 17.1. The van der Waals surface area contributed by atoms with Gasteiger partial charge in [0.15, 0.2) is 0 Å². The number of nitrogens with zero attached hydrogens (tertiary/aromatic N) is 3. The van der Waals surface area contributed by atoms with E-state index in [-0.39, 0.29) is 5.75 Å². The number of phenols is 1. The minimum Gasteiger partial charge on any atom is -0.505 e. The summed E-state index contributed by atoms with van der Waals surface area (Å²) >= 11 is 0. The van der Waals surface area contributed by atoms with Crippen molar-refractivity contribution in [3.8, 4) is 17.2 Å². The molecule has 0 fully saturated rings. The van der Waals surface area contributed by atoms with Crippen molar-refractivity contribution >= 4 is 11.0 Å². The second kappa shape index (κ2) is 6.91. The molecule has 2 aromatic carbocycles. The molecule has 5 nitrogen and oxygen atoms in total. The molecule has 1 heterocycles. The first-order chi connectivity index (χ1) is 11.7. The average Bonchev–Trinajstić information content (AvgIpc) is 3.03. The fourth-order valence-electron chi connectivity index (χ4n) is 2.68. The maximum absolute atomic E-state index is 10.5. The van der Waals surface area contributed by atoms with Crippen molar-refractivity contribution in [1.82, 2.24) is 15.0 Å². The first kappa shape index (κ1) is 16.3. The lowest BCUT2D eigenvalue weighted by Gasteiger charge is -2.10. The van der Waals surface area contributed by atoms with Gasteiger partial charge in [-0.25, -0.2) is 0 Å². The molecule has 0 amide bonds. The predicted molar refractivity (Wildman–Crippen MR) is 95.1 cm³/mol. The van der Waals surface area contributed by atoms with Crippen LogP contribution >= 0.6 is 0 Å². The summed E-state index contributed by atoms with van der Waals surface area (Å²) in [6, 6.07) is 9.67. The van der Waals surface area contributed by atoms with E-state index in [9.17, 15) is 5.11 Å². The number of benzene rings is 2. The molecule has 3 rings (SSSR count). The van der Waals surface area contributed by atoms with E-state index in [1.807, 2.05) is 37.3 Å². The van der Waals surface area contributed by atoms with Crippen LogP contribution in [0.25, 0.3) is 16.7 Å². The third-order valence-corrected chi connectivity index (χ3v) is 4.06.